The van der Waals surface area contributed by atoms with Gasteiger partial charge in [0.05, 0.1) is 0 Å². The average molecular weight is 378 g/mol. The Labute approximate surface area is 165 Å². The van der Waals surface area contributed by atoms with Gasteiger partial charge in [-0.25, -0.2) is 0 Å². The number of pyridine rings is 1. The molecule has 2 aromatic heterocycles. The number of aromatic amines is 1. The fourth-order valence-corrected chi connectivity index (χ4v) is 3.18. The molecule has 1 N–H and O–H groups in total. The molecule has 0 aliphatic carbocycles. The average Bonchev–Trinajstić information content (AvgIpc) is 3.15. The second-order valence-corrected chi connectivity index (χ2v) is 7.15. The molecular weight excluding hydrogens is 352 g/mol. The number of carbonyl (C=O) groups is 1. The molecule has 0 unspecified atom stereocenters. The fraction of sp³-hybridized carbons (Fsp3) is 0.304. The molecule has 146 valence electrons. The highest BCUT2D eigenvalue weighted by Crippen LogP contribution is 2.25. The van der Waals surface area contributed by atoms with Crippen molar-refractivity contribution >= 4 is 11.5 Å². The van der Waals surface area contributed by atoms with Gasteiger partial charge in [0.1, 0.15) is 11.5 Å². The molecule has 3 aromatic rings. The molecule has 0 atom stereocenters. The van der Waals surface area contributed by atoms with E-state index in [0.717, 1.165) is 28.3 Å². The molecular formula is C23H26N2O3. The van der Waals surface area contributed by atoms with Gasteiger partial charge >= 0.3 is 0 Å². The number of H-pyrrole nitrogens is 1. The predicted molar refractivity (Wildman–Crippen MR) is 112 cm³/mol. The summed E-state index contributed by atoms with van der Waals surface area (Å²) in [5, 5.41) is 0. The van der Waals surface area contributed by atoms with Crippen LogP contribution in [0.25, 0.3) is 11.3 Å². The van der Waals surface area contributed by atoms with Gasteiger partial charge in [0.25, 0.3) is 5.56 Å². The van der Waals surface area contributed by atoms with Crippen molar-refractivity contribution in [1.29, 1.82) is 0 Å². The Morgan fingerprint density at radius 1 is 1.14 bits per heavy atom. The van der Waals surface area contributed by atoms with Gasteiger partial charge in [-0.1, -0.05) is 19.1 Å². The molecule has 0 amide bonds. The quantitative estimate of drug-likeness (QED) is 0.619. The zero-order valence-corrected chi connectivity index (χ0v) is 16.8. The van der Waals surface area contributed by atoms with Gasteiger partial charge in [-0.3, -0.25) is 9.59 Å². The minimum Gasteiger partial charge on any atom is -0.461 e. The van der Waals surface area contributed by atoms with E-state index in [1.807, 2.05) is 75.3 Å². The van der Waals surface area contributed by atoms with E-state index in [4.69, 9.17) is 4.42 Å². The van der Waals surface area contributed by atoms with Crippen LogP contribution in [0.1, 0.15) is 40.7 Å². The van der Waals surface area contributed by atoms with Crippen LogP contribution in [0.3, 0.4) is 0 Å². The fourth-order valence-electron chi connectivity index (χ4n) is 3.18. The van der Waals surface area contributed by atoms with Crippen molar-refractivity contribution in [2.45, 2.75) is 33.1 Å². The first kappa shape index (κ1) is 19.7. The molecule has 0 saturated heterocycles. The van der Waals surface area contributed by atoms with Crippen LogP contribution in [0, 0.1) is 6.92 Å². The number of nitrogens with zero attached hydrogens (tertiary/aromatic N) is 1. The molecule has 5 heteroatoms. The normalized spacial score (nSPS) is 10.9. The molecule has 0 fully saturated rings. The number of Topliss-reactive ketones (excluding diaryl/α,β-unsaturated/α-hetero) is 1. The first-order chi connectivity index (χ1) is 13.4. The lowest BCUT2D eigenvalue weighted by Crippen LogP contribution is -2.13. The number of rotatable bonds is 7. The molecule has 0 spiro atoms. The van der Waals surface area contributed by atoms with Crippen LogP contribution in [0.4, 0.5) is 5.69 Å². The largest absolute Gasteiger partial charge is 0.461 e. The standard InChI is InChI=1S/C23H26N2O3/c1-5-16-14-20(15(2)24-23(16)27)22-12-10-19(28-22)9-11-21(26)17-7-6-8-18(13-17)25(3)4/h6-8,10,12-14H,5,9,11H2,1-4H3,(H,24,27). The van der Waals surface area contributed by atoms with Crippen molar-refractivity contribution in [2.75, 3.05) is 19.0 Å². The number of aryl methyl sites for hydroxylation is 3. The van der Waals surface area contributed by atoms with Crippen LogP contribution in [0.2, 0.25) is 0 Å². The lowest BCUT2D eigenvalue weighted by atomic mass is 10.0. The van der Waals surface area contributed by atoms with Crippen LogP contribution in [-0.2, 0) is 12.8 Å². The SMILES string of the molecule is CCc1cc(-c2ccc(CCC(=O)c3cccc(N(C)C)c3)o2)c(C)[nH]c1=O. The lowest BCUT2D eigenvalue weighted by molar-refractivity contribution is 0.0981. The van der Waals surface area contributed by atoms with E-state index in [1.165, 1.54) is 0 Å². The summed E-state index contributed by atoms with van der Waals surface area (Å²) in [5.74, 6) is 1.56. The number of carbonyl (C=O) groups excluding carboxylic acids is 1. The Hall–Kier alpha value is -3.08. The van der Waals surface area contributed by atoms with Crippen LogP contribution in [0.15, 0.2) is 51.7 Å². The van der Waals surface area contributed by atoms with Crippen molar-refractivity contribution < 1.29 is 9.21 Å². The Morgan fingerprint density at radius 3 is 2.64 bits per heavy atom. The van der Waals surface area contributed by atoms with Crippen molar-refractivity contribution in [2.24, 2.45) is 0 Å². The molecule has 0 aliphatic rings. The summed E-state index contributed by atoms with van der Waals surface area (Å²) in [4.78, 5) is 29.3. The summed E-state index contributed by atoms with van der Waals surface area (Å²) in [7, 11) is 3.91. The highest BCUT2D eigenvalue weighted by atomic mass is 16.3. The van der Waals surface area contributed by atoms with Crippen LogP contribution >= 0.6 is 0 Å². The van der Waals surface area contributed by atoms with Crippen LogP contribution in [0.5, 0.6) is 0 Å². The third-order valence-electron chi connectivity index (χ3n) is 4.91. The molecule has 2 heterocycles. The monoisotopic (exact) mass is 378 g/mol. The number of nitrogens with one attached hydrogen (secondary N) is 1. The summed E-state index contributed by atoms with van der Waals surface area (Å²) in [6, 6.07) is 13.3. The third kappa shape index (κ3) is 4.25. The topological polar surface area (TPSA) is 66.3 Å². The minimum absolute atomic E-state index is 0.0546. The maximum Gasteiger partial charge on any atom is 0.251 e. The van der Waals surface area contributed by atoms with Gasteiger partial charge in [0.15, 0.2) is 5.78 Å². The summed E-state index contributed by atoms with van der Waals surface area (Å²) < 4.78 is 5.96. The van der Waals surface area contributed by atoms with Gasteiger partial charge in [0, 0.05) is 55.0 Å². The molecule has 5 nitrogen and oxygen atoms in total. The van der Waals surface area contributed by atoms with Crippen LogP contribution < -0.4 is 10.5 Å². The second-order valence-electron chi connectivity index (χ2n) is 7.15. The van der Waals surface area contributed by atoms with E-state index in [0.29, 0.717) is 30.6 Å². The zero-order chi connectivity index (χ0) is 20.3. The molecule has 1 aromatic carbocycles. The minimum atomic E-state index is -0.0546. The lowest BCUT2D eigenvalue weighted by Gasteiger charge is -2.13. The predicted octanol–water partition coefficient (Wildman–Crippen LogP) is 4.39. The number of ketones is 1. The van der Waals surface area contributed by atoms with E-state index in [1.54, 1.807) is 0 Å². The highest BCUT2D eigenvalue weighted by molar-refractivity contribution is 5.97. The smallest absolute Gasteiger partial charge is 0.251 e. The van der Waals surface area contributed by atoms with Crippen molar-refractivity contribution in [3.05, 3.63) is 75.4 Å². The molecule has 0 aliphatic heterocycles. The summed E-state index contributed by atoms with van der Waals surface area (Å²) >= 11 is 0. The van der Waals surface area contributed by atoms with E-state index < -0.39 is 0 Å². The van der Waals surface area contributed by atoms with E-state index >= 15 is 0 Å². The van der Waals surface area contributed by atoms with Crippen molar-refractivity contribution in [1.82, 2.24) is 4.98 Å². The Kier molecular flexibility index (Phi) is 5.83. The molecule has 28 heavy (non-hydrogen) atoms. The van der Waals surface area contributed by atoms with Gasteiger partial charge in [-0.2, -0.15) is 0 Å². The van der Waals surface area contributed by atoms with Gasteiger partial charge < -0.3 is 14.3 Å². The van der Waals surface area contributed by atoms with Gasteiger partial charge in [0.2, 0.25) is 0 Å². The summed E-state index contributed by atoms with van der Waals surface area (Å²) in [5.41, 5.74) is 4.05. The van der Waals surface area contributed by atoms with Crippen molar-refractivity contribution in [3.8, 4) is 11.3 Å². The Morgan fingerprint density at radius 2 is 1.93 bits per heavy atom. The zero-order valence-electron chi connectivity index (χ0n) is 16.8. The Balaban J connectivity index is 1.73. The molecule has 0 radical (unpaired) electrons. The number of furan rings is 1. The van der Waals surface area contributed by atoms with E-state index in [2.05, 4.69) is 4.98 Å². The summed E-state index contributed by atoms with van der Waals surface area (Å²) in [6.07, 6.45) is 1.58. The van der Waals surface area contributed by atoms with Crippen molar-refractivity contribution in [3.63, 3.8) is 0 Å². The van der Waals surface area contributed by atoms with Gasteiger partial charge in [-0.05, 0) is 43.7 Å². The molecule has 0 saturated carbocycles. The summed E-state index contributed by atoms with van der Waals surface area (Å²) in [6.45, 7) is 3.81. The van der Waals surface area contributed by atoms with E-state index in [9.17, 15) is 9.59 Å². The first-order valence-electron chi connectivity index (χ1n) is 9.51. The van der Waals surface area contributed by atoms with E-state index in [-0.39, 0.29) is 11.3 Å². The Bertz CT molecular complexity index is 1040. The molecule has 0 bridgehead atoms. The maximum absolute atomic E-state index is 12.5. The molecule has 3 rings (SSSR count). The third-order valence-corrected chi connectivity index (χ3v) is 4.91. The number of aromatic nitrogens is 1. The number of anilines is 1. The van der Waals surface area contributed by atoms with Crippen LogP contribution in [-0.4, -0.2) is 24.9 Å². The number of hydrogen-bond donors (Lipinski definition) is 1. The number of benzene rings is 1. The first-order valence-corrected chi connectivity index (χ1v) is 9.51. The maximum atomic E-state index is 12.5. The second kappa shape index (κ2) is 8.30. The number of hydrogen-bond acceptors (Lipinski definition) is 4. The highest BCUT2D eigenvalue weighted by Gasteiger charge is 2.13. The van der Waals surface area contributed by atoms with Gasteiger partial charge in [-0.15, -0.1) is 0 Å².